The molecule has 5 nitrogen and oxygen atoms in total. The number of anilines is 1. The van der Waals surface area contributed by atoms with E-state index in [1.54, 1.807) is 25.3 Å². The molecule has 0 bridgehead atoms. The molecule has 2 aromatic carbocycles. The predicted molar refractivity (Wildman–Crippen MR) is 95.9 cm³/mol. The third kappa shape index (κ3) is 3.77. The van der Waals surface area contributed by atoms with Crippen LogP contribution in [0.5, 0.6) is 11.5 Å². The Kier molecular flexibility index (Phi) is 5.24. The number of ketones is 1. The van der Waals surface area contributed by atoms with Crippen molar-refractivity contribution in [1.82, 2.24) is 0 Å². The second-order valence-electron chi connectivity index (χ2n) is 5.68. The maximum atomic E-state index is 12.1. The molecule has 1 aliphatic heterocycles. The fourth-order valence-corrected chi connectivity index (χ4v) is 2.90. The number of ether oxygens (including phenoxy) is 2. The monoisotopic (exact) mass is 359 g/mol. The topological polar surface area (TPSA) is 55.8 Å². The molecule has 0 N–H and O–H groups in total. The Hall–Kier alpha value is -2.53. The van der Waals surface area contributed by atoms with Crippen molar-refractivity contribution in [3.05, 3.63) is 53.1 Å². The second-order valence-corrected chi connectivity index (χ2v) is 6.11. The van der Waals surface area contributed by atoms with Gasteiger partial charge in [0.15, 0.2) is 0 Å². The van der Waals surface area contributed by atoms with Crippen LogP contribution in [0, 0.1) is 0 Å². The Bertz CT molecular complexity index is 789. The molecule has 6 heteroatoms. The van der Waals surface area contributed by atoms with Crippen molar-refractivity contribution >= 4 is 29.0 Å². The average molecular weight is 360 g/mol. The van der Waals surface area contributed by atoms with Gasteiger partial charge in [-0.05, 0) is 55.3 Å². The van der Waals surface area contributed by atoms with Crippen LogP contribution in [0.25, 0.3) is 0 Å². The van der Waals surface area contributed by atoms with Crippen LogP contribution in [0.3, 0.4) is 0 Å². The summed E-state index contributed by atoms with van der Waals surface area (Å²) in [4.78, 5) is 25.6. The molecular formula is C19H18ClNO4. The van der Waals surface area contributed by atoms with Crippen LogP contribution in [0.15, 0.2) is 42.5 Å². The van der Waals surface area contributed by atoms with Crippen LogP contribution < -0.4 is 14.4 Å². The van der Waals surface area contributed by atoms with Gasteiger partial charge in [-0.2, -0.15) is 0 Å². The van der Waals surface area contributed by atoms with Gasteiger partial charge in [0, 0.05) is 11.6 Å². The SMILES string of the molecule is COc1ccc(OCCCCN2C(=O)C(=O)c3cc(Cl)ccc32)cc1. The number of carbonyl (C=O) groups excluding carboxylic acids is 2. The number of nitrogens with zero attached hydrogens (tertiary/aromatic N) is 1. The number of amides is 1. The zero-order chi connectivity index (χ0) is 17.8. The van der Waals surface area contributed by atoms with Gasteiger partial charge in [-0.25, -0.2) is 0 Å². The fraction of sp³-hybridized carbons (Fsp3) is 0.263. The first-order valence-corrected chi connectivity index (χ1v) is 8.40. The normalized spacial score (nSPS) is 13.1. The predicted octanol–water partition coefficient (Wildman–Crippen LogP) is 3.74. The lowest BCUT2D eigenvalue weighted by Crippen LogP contribution is -2.30. The van der Waals surface area contributed by atoms with Gasteiger partial charge in [-0.15, -0.1) is 0 Å². The van der Waals surface area contributed by atoms with E-state index in [1.165, 1.54) is 4.90 Å². The van der Waals surface area contributed by atoms with E-state index in [2.05, 4.69) is 0 Å². The largest absolute Gasteiger partial charge is 0.497 e. The molecule has 0 fully saturated rings. The molecule has 0 aromatic heterocycles. The van der Waals surface area contributed by atoms with Crippen molar-refractivity contribution in [3.8, 4) is 11.5 Å². The van der Waals surface area contributed by atoms with E-state index in [0.29, 0.717) is 29.4 Å². The van der Waals surface area contributed by atoms with Crippen molar-refractivity contribution in [1.29, 1.82) is 0 Å². The molecule has 0 saturated carbocycles. The van der Waals surface area contributed by atoms with Crippen molar-refractivity contribution in [2.24, 2.45) is 0 Å². The highest BCUT2D eigenvalue weighted by molar-refractivity contribution is 6.52. The Balaban J connectivity index is 1.49. The van der Waals surface area contributed by atoms with Crippen molar-refractivity contribution < 1.29 is 19.1 Å². The van der Waals surface area contributed by atoms with E-state index in [0.717, 1.165) is 24.3 Å². The number of carbonyl (C=O) groups is 2. The van der Waals surface area contributed by atoms with Crippen LogP contribution in [0.2, 0.25) is 5.02 Å². The maximum Gasteiger partial charge on any atom is 0.299 e. The Labute approximate surface area is 151 Å². The molecule has 0 unspecified atom stereocenters. The first-order chi connectivity index (χ1) is 12.1. The number of methoxy groups -OCH3 is 1. The third-order valence-corrected chi connectivity index (χ3v) is 4.27. The summed E-state index contributed by atoms with van der Waals surface area (Å²) in [6, 6.07) is 12.3. The number of unbranched alkanes of at least 4 members (excludes halogenated alkanes) is 1. The van der Waals surface area contributed by atoms with E-state index in [-0.39, 0.29) is 0 Å². The summed E-state index contributed by atoms with van der Waals surface area (Å²) < 4.78 is 10.8. The number of hydrogen-bond donors (Lipinski definition) is 0. The molecule has 0 aliphatic carbocycles. The first kappa shape index (κ1) is 17.3. The highest BCUT2D eigenvalue weighted by Crippen LogP contribution is 2.31. The van der Waals surface area contributed by atoms with Gasteiger partial charge >= 0.3 is 0 Å². The zero-order valence-corrected chi connectivity index (χ0v) is 14.6. The second kappa shape index (κ2) is 7.57. The Morgan fingerprint density at radius 1 is 1.00 bits per heavy atom. The van der Waals surface area contributed by atoms with Crippen LogP contribution >= 0.6 is 11.6 Å². The lowest BCUT2D eigenvalue weighted by atomic mass is 10.1. The lowest BCUT2D eigenvalue weighted by molar-refractivity contribution is -0.114. The van der Waals surface area contributed by atoms with Gasteiger partial charge in [0.05, 0.1) is 25.0 Å². The van der Waals surface area contributed by atoms with Crippen LogP contribution in [0.4, 0.5) is 5.69 Å². The minimum atomic E-state index is -0.494. The van der Waals surface area contributed by atoms with E-state index in [9.17, 15) is 9.59 Å². The molecule has 1 heterocycles. The average Bonchev–Trinajstić information content (AvgIpc) is 2.86. The molecule has 2 aromatic rings. The first-order valence-electron chi connectivity index (χ1n) is 8.03. The highest BCUT2D eigenvalue weighted by Gasteiger charge is 2.35. The number of fused-ring (bicyclic) bond motifs is 1. The molecule has 0 spiro atoms. The smallest absolute Gasteiger partial charge is 0.299 e. The minimum Gasteiger partial charge on any atom is -0.497 e. The summed E-state index contributed by atoms with van der Waals surface area (Å²) in [5.74, 6) is 0.567. The summed E-state index contributed by atoms with van der Waals surface area (Å²) in [6.07, 6.45) is 1.50. The maximum absolute atomic E-state index is 12.1. The Morgan fingerprint density at radius 3 is 2.44 bits per heavy atom. The standard InChI is InChI=1S/C19H18ClNO4/c1-24-14-5-7-15(8-6-14)25-11-3-2-10-21-17-9-4-13(20)12-16(17)18(22)19(21)23/h4-9,12H,2-3,10-11H2,1H3. The fourth-order valence-electron chi connectivity index (χ4n) is 2.73. The van der Waals surface area contributed by atoms with E-state index >= 15 is 0 Å². The lowest BCUT2D eigenvalue weighted by Gasteiger charge is -2.16. The van der Waals surface area contributed by atoms with Gasteiger partial charge in [-0.1, -0.05) is 11.6 Å². The number of benzene rings is 2. The summed E-state index contributed by atoms with van der Waals surface area (Å²) in [7, 11) is 1.62. The molecule has 1 amide bonds. The van der Waals surface area contributed by atoms with Crippen LogP contribution in [-0.4, -0.2) is 32.0 Å². The van der Waals surface area contributed by atoms with Gasteiger partial charge < -0.3 is 14.4 Å². The van der Waals surface area contributed by atoms with Gasteiger partial charge in [0.2, 0.25) is 0 Å². The molecule has 0 radical (unpaired) electrons. The molecule has 130 valence electrons. The van der Waals surface area contributed by atoms with Crippen LogP contribution in [-0.2, 0) is 4.79 Å². The van der Waals surface area contributed by atoms with Crippen molar-refractivity contribution in [2.75, 3.05) is 25.2 Å². The van der Waals surface area contributed by atoms with Gasteiger partial charge in [0.1, 0.15) is 11.5 Å². The van der Waals surface area contributed by atoms with E-state index in [1.807, 2.05) is 24.3 Å². The third-order valence-electron chi connectivity index (χ3n) is 4.04. The van der Waals surface area contributed by atoms with E-state index in [4.69, 9.17) is 21.1 Å². The summed E-state index contributed by atoms with van der Waals surface area (Å²) in [5.41, 5.74) is 1.02. The van der Waals surface area contributed by atoms with Crippen molar-refractivity contribution in [3.63, 3.8) is 0 Å². The summed E-state index contributed by atoms with van der Waals surface area (Å²) in [5, 5.41) is 0.453. The quantitative estimate of drug-likeness (QED) is 0.558. The Morgan fingerprint density at radius 2 is 1.72 bits per heavy atom. The van der Waals surface area contributed by atoms with Crippen LogP contribution in [0.1, 0.15) is 23.2 Å². The summed E-state index contributed by atoms with van der Waals surface area (Å²) in [6.45, 7) is 1.01. The van der Waals surface area contributed by atoms with Gasteiger partial charge in [-0.3, -0.25) is 9.59 Å². The molecule has 0 saturated heterocycles. The highest BCUT2D eigenvalue weighted by atomic mass is 35.5. The molecule has 25 heavy (non-hydrogen) atoms. The van der Waals surface area contributed by atoms with E-state index < -0.39 is 11.7 Å². The molecule has 3 rings (SSSR count). The number of rotatable bonds is 7. The van der Waals surface area contributed by atoms with Gasteiger partial charge in [0.25, 0.3) is 11.7 Å². The minimum absolute atomic E-state index is 0.381. The molecule has 0 atom stereocenters. The number of hydrogen-bond acceptors (Lipinski definition) is 4. The van der Waals surface area contributed by atoms with Crippen molar-refractivity contribution in [2.45, 2.75) is 12.8 Å². The molecule has 1 aliphatic rings. The zero-order valence-electron chi connectivity index (χ0n) is 13.8. The number of Topliss-reactive ketones (excluding diaryl/α,β-unsaturated/α-hetero) is 1. The molecular weight excluding hydrogens is 342 g/mol. The number of halogens is 1. The summed E-state index contributed by atoms with van der Waals surface area (Å²) >= 11 is 5.90.